The number of hydrogen-bond acceptors (Lipinski definition) is 6. The van der Waals surface area contributed by atoms with E-state index in [2.05, 4.69) is 24.4 Å². The Kier molecular flexibility index (Phi) is 5.12. The second-order valence-electron chi connectivity index (χ2n) is 8.60. The van der Waals surface area contributed by atoms with Gasteiger partial charge in [-0.05, 0) is 62.1 Å². The Labute approximate surface area is 192 Å². The molecule has 1 aliphatic heterocycles. The molecule has 170 valence electrons. The quantitative estimate of drug-likeness (QED) is 0.601. The summed E-state index contributed by atoms with van der Waals surface area (Å²) in [4.78, 5) is 13.2. The van der Waals surface area contributed by atoms with Gasteiger partial charge in [0.05, 0.1) is 25.6 Å². The molecule has 0 amide bonds. The molecular formula is C26H27N3O4. The van der Waals surface area contributed by atoms with Gasteiger partial charge in [0.1, 0.15) is 5.82 Å². The van der Waals surface area contributed by atoms with Crippen molar-refractivity contribution in [2.75, 3.05) is 19.5 Å². The van der Waals surface area contributed by atoms with Gasteiger partial charge in [-0.25, -0.2) is 4.68 Å². The van der Waals surface area contributed by atoms with Gasteiger partial charge in [-0.15, -0.1) is 0 Å². The molecule has 0 fully saturated rings. The molecule has 7 nitrogen and oxygen atoms in total. The molecule has 1 aliphatic carbocycles. The third-order valence-corrected chi connectivity index (χ3v) is 6.49. The molecule has 3 aromatic rings. The van der Waals surface area contributed by atoms with Crippen LogP contribution in [0.5, 0.6) is 17.2 Å². The van der Waals surface area contributed by atoms with Crippen LogP contribution >= 0.6 is 0 Å². The Hall–Kier alpha value is -3.74. The molecule has 0 unspecified atom stereocenters. The summed E-state index contributed by atoms with van der Waals surface area (Å²) in [7, 11) is 3.01. The number of aryl methyl sites for hydroxylation is 2. The van der Waals surface area contributed by atoms with E-state index >= 15 is 0 Å². The van der Waals surface area contributed by atoms with Crippen molar-refractivity contribution in [1.82, 2.24) is 9.78 Å². The van der Waals surface area contributed by atoms with Crippen molar-refractivity contribution >= 4 is 11.6 Å². The number of aromatic hydroxyl groups is 1. The summed E-state index contributed by atoms with van der Waals surface area (Å²) in [5, 5.41) is 18.9. The van der Waals surface area contributed by atoms with Gasteiger partial charge in [0.2, 0.25) is 5.75 Å². The molecule has 2 aliphatic rings. The molecule has 5 rings (SSSR count). The van der Waals surface area contributed by atoms with Crippen molar-refractivity contribution in [3.63, 3.8) is 0 Å². The number of ether oxygens (including phenoxy) is 2. The fourth-order valence-electron chi connectivity index (χ4n) is 4.98. The SMILES string of the molecule is COc1cc([C@H]2C3=C(CCCC3=O)Nc3c2c(C)nn3-c2cccc(C)c2)cc(OC)c1O. The lowest BCUT2D eigenvalue weighted by molar-refractivity contribution is -0.116. The Bertz CT molecular complexity index is 1280. The number of phenols is 1. The number of fused-ring (bicyclic) bond motifs is 1. The lowest BCUT2D eigenvalue weighted by atomic mass is 9.76. The summed E-state index contributed by atoms with van der Waals surface area (Å²) in [5.74, 6) is 1.20. The number of nitrogens with one attached hydrogen (secondary N) is 1. The highest BCUT2D eigenvalue weighted by Gasteiger charge is 2.39. The number of anilines is 1. The first-order chi connectivity index (χ1) is 15.9. The van der Waals surface area contributed by atoms with Gasteiger partial charge in [0, 0.05) is 29.2 Å². The molecular weight excluding hydrogens is 418 g/mol. The minimum absolute atomic E-state index is 0.0609. The van der Waals surface area contributed by atoms with Crippen LogP contribution in [0.2, 0.25) is 0 Å². The number of carbonyl (C=O) groups excluding carboxylic acids is 1. The van der Waals surface area contributed by atoms with Crippen LogP contribution in [0.1, 0.15) is 47.6 Å². The van der Waals surface area contributed by atoms with Crippen LogP contribution < -0.4 is 14.8 Å². The zero-order valence-corrected chi connectivity index (χ0v) is 19.2. The first kappa shape index (κ1) is 21.1. The Balaban J connectivity index is 1.78. The summed E-state index contributed by atoms with van der Waals surface area (Å²) >= 11 is 0. The number of phenolic OH excluding ortho intramolecular Hbond substituents is 1. The van der Waals surface area contributed by atoms with Crippen molar-refractivity contribution in [3.05, 3.63) is 70.1 Å². The average Bonchev–Trinajstić information content (AvgIpc) is 3.14. The van der Waals surface area contributed by atoms with Crippen molar-refractivity contribution in [2.24, 2.45) is 0 Å². The maximum Gasteiger partial charge on any atom is 0.200 e. The van der Waals surface area contributed by atoms with Crippen LogP contribution in [0.4, 0.5) is 5.82 Å². The Morgan fingerprint density at radius 1 is 1.09 bits per heavy atom. The van der Waals surface area contributed by atoms with Gasteiger partial charge in [-0.1, -0.05) is 12.1 Å². The number of methoxy groups -OCH3 is 2. The Morgan fingerprint density at radius 2 is 1.82 bits per heavy atom. The first-order valence-corrected chi connectivity index (χ1v) is 11.1. The van der Waals surface area contributed by atoms with E-state index in [1.807, 2.05) is 23.7 Å². The number of aromatic nitrogens is 2. The van der Waals surface area contributed by atoms with Gasteiger partial charge in [-0.3, -0.25) is 4.79 Å². The maximum atomic E-state index is 13.2. The highest BCUT2D eigenvalue weighted by molar-refractivity contribution is 6.01. The predicted molar refractivity (Wildman–Crippen MR) is 126 cm³/mol. The molecule has 2 N–H and O–H groups in total. The van der Waals surface area contributed by atoms with E-state index in [4.69, 9.17) is 14.6 Å². The van der Waals surface area contributed by atoms with Crippen molar-refractivity contribution in [1.29, 1.82) is 0 Å². The maximum absolute atomic E-state index is 13.2. The molecule has 0 spiro atoms. The summed E-state index contributed by atoms with van der Waals surface area (Å²) in [5.41, 5.74) is 6.39. The van der Waals surface area contributed by atoms with Crippen LogP contribution in [0.15, 0.2) is 47.7 Å². The van der Waals surface area contributed by atoms with Crippen molar-refractivity contribution < 1.29 is 19.4 Å². The molecule has 0 bridgehead atoms. The fourth-order valence-corrected chi connectivity index (χ4v) is 4.98. The summed E-state index contributed by atoms with van der Waals surface area (Å²) in [6.07, 6.45) is 2.12. The topological polar surface area (TPSA) is 85.6 Å². The molecule has 1 aromatic heterocycles. The highest BCUT2D eigenvalue weighted by atomic mass is 16.5. The van der Waals surface area contributed by atoms with Crippen molar-refractivity contribution in [2.45, 2.75) is 39.0 Å². The second kappa shape index (κ2) is 7.99. The normalized spacial score (nSPS) is 17.3. The van der Waals surface area contributed by atoms with Gasteiger partial charge in [0.25, 0.3) is 0 Å². The zero-order valence-electron chi connectivity index (χ0n) is 19.2. The molecule has 1 atom stereocenters. The van der Waals surface area contributed by atoms with Gasteiger partial charge in [-0.2, -0.15) is 5.10 Å². The minimum atomic E-state index is -0.342. The number of rotatable bonds is 4. The first-order valence-electron chi connectivity index (χ1n) is 11.1. The van der Waals surface area contributed by atoms with E-state index < -0.39 is 0 Å². The van der Waals surface area contributed by atoms with Crippen molar-refractivity contribution in [3.8, 4) is 22.9 Å². The molecule has 7 heteroatoms. The van der Waals surface area contributed by atoms with Crippen LogP contribution in [0.25, 0.3) is 5.69 Å². The largest absolute Gasteiger partial charge is 0.502 e. The molecule has 33 heavy (non-hydrogen) atoms. The number of allylic oxidation sites excluding steroid dienone is 2. The van der Waals surface area contributed by atoms with Crippen LogP contribution in [0, 0.1) is 13.8 Å². The van der Waals surface area contributed by atoms with Crippen LogP contribution in [0.3, 0.4) is 0 Å². The van der Waals surface area contributed by atoms with Crippen LogP contribution in [-0.4, -0.2) is 34.9 Å². The highest BCUT2D eigenvalue weighted by Crippen LogP contribution is 2.50. The molecule has 0 saturated carbocycles. The van der Waals surface area contributed by atoms with E-state index in [1.54, 1.807) is 12.1 Å². The number of benzene rings is 2. The smallest absolute Gasteiger partial charge is 0.200 e. The number of carbonyl (C=O) groups is 1. The minimum Gasteiger partial charge on any atom is -0.502 e. The summed E-state index contributed by atoms with van der Waals surface area (Å²) in [6.45, 7) is 4.02. The zero-order chi connectivity index (χ0) is 23.3. The van der Waals surface area contributed by atoms with Gasteiger partial charge in [0.15, 0.2) is 17.3 Å². The number of hydrogen-bond donors (Lipinski definition) is 2. The molecule has 0 radical (unpaired) electrons. The van der Waals surface area contributed by atoms with Gasteiger partial charge < -0.3 is 19.9 Å². The standard InChI is InChI=1S/C26H27N3O4/c1-14-7-5-8-17(11-14)29-26-22(15(2)28-29)23(24-18(27-26)9-6-10-19(24)30)16-12-20(32-3)25(31)21(13-16)33-4/h5,7-8,11-13,23,27,31H,6,9-10H2,1-4H3/t23-/m1/s1. The Morgan fingerprint density at radius 3 is 2.48 bits per heavy atom. The fraction of sp³-hybridized carbons (Fsp3) is 0.308. The van der Waals surface area contributed by atoms with E-state index in [-0.39, 0.29) is 17.5 Å². The summed E-state index contributed by atoms with van der Waals surface area (Å²) in [6, 6.07) is 11.8. The molecule has 2 heterocycles. The third-order valence-electron chi connectivity index (χ3n) is 6.49. The monoisotopic (exact) mass is 445 g/mol. The summed E-state index contributed by atoms with van der Waals surface area (Å²) < 4.78 is 12.8. The lowest BCUT2D eigenvalue weighted by Gasteiger charge is -2.33. The number of Topliss-reactive ketones (excluding diaryl/α,β-unsaturated/α-hetero) is 1. The second-order valence-corrected chi connectivity index (χ2v) is 8.60. The van der Waals surface area contributed by atoms with Crippen LogP contribution in [-0.2, 0) is 4.79 Å². The number of nitrogens with zero attached hydrogens (tertiary/aromatic N) is 2. The molecule has 2 aromatic carbocycles. The van der Waals surface area contributed by atoms with E-state index in [0.717, 1.165) is 58.0 Å². The van der Waals surface area contributed by atoms with E-state index in [1.165, 1.54) is 14.2 Å². The number of ketones is 1. The third kappa shape index (κ3) is 3.35. The molecule has 0 saturated heterocycles. The van der Waals surface area contributed by atoms with E-state index in [0.29, 0.717) is 17.9 Å². The predicted octanol–water partition coefficient (Wildman–Crippen LogP) is 4.78. The average molecular weight is 446 g/mol. The van der Waals surface area contributed by atoms with Gasteiger partial charge >= 0.3 is 0 Å². The van der Waals surface area contributed by atoms with E-state index in [9.17, 15) is 9.90 Å². The lowest BCUT2D eigenvalue weighted by Crippen LogP contribution is -2.27.